The maximum absolute atomic E-state index is 3.68. The van der Waals surface area contributed by atoms with Gasteiger partial charge in [0.1, 0.15) is 0 Å². The third kappa shape index (κ3) is 4.63. The van der Waals surface area contributed by atoms with E-state index >= 15 is 0 Å². The van der Waals surface area contributed by atoms with E-state index in [4.69, 9.17) is 0 Å². The third-order valence-electron chi connectivity index (χ3n) is 4.60. The van der Waals surface area contributed by atoms with E-state index in [-0.39, 0.29) is 0 Å². The van der Waals surface area contributed by atoms with E-state index in [2.05, 4.69) is 37.4 Å². The summed E-state index contributed by atoms with van der Waals surface area (Å²) in [6, 6.07) is 7.60. The zero-order chi connectivity index (χ0) is 14.2. The van der Waals surface area contributed by atoms with Crippen LogP contribution >= 0.6 is 0 Å². The predicted molar refractivity (Wildman–Crippen MR) is 88.3 cm³/mol. The number of hydrogen-bond acceptors (Lipinski definition) is 1. The van der Waals surface area contributed by atoms with Gasteiger partial charge in [-0.25, -0.2) is 0 Å². The molecule has 0 saturated carbocycles. The fourth-order valence-corrected chi connectivity index (χ4v) is 3.20. The third-order valence-corrected chi connectivity index (χ3v) is 4.60. The Hall–Kier alpha value is -0.820. The minimum atomic E-state index is 0.497. The van der Waals surface area contributed by atoms with Crippen LogP contribution in [0, 0.1) is 0 Å². The van der Waals surface area contributed by atoms with E-state index in [9.17, 15) is 0 Å². The highest BCUT2D eigenvalue weighted by Gasteiger charge is 2.12. The van der Waals surface area contributed by atoms with Crippen LogP contribution in [0.1, 0.15) is 81.5 Å². The fraction of sp³-hybridized carbons (Fsp3) is 0.684. The van der Waals surface area contributed by atoms with Crippen LogP contribution in [0.2, 0.25) is 0 Å². The van der Waals surface area contributed by atoms with Gasteiger partial charge in [0.2, 0.25) is 0 Å². The molecule has 1 aliphatic carbocycles. The molecular formula is C19H31N. The Bertz CT molecular complexity index is 397. The second-order valence-electron chi connectivity index (χ2n) is 6.33. The summed E-state index contributed by atoms with van der Waals surface area (Å²) < 4.78 is 0. The van der Waals surface area contributed by atoms with Gasteiger partial charge >= 0.3 is 0 Å². The van der Waals surface area contributed by atoms with Gasteiger partial charge in [0.15, 0.2) is 0 Å². The van der Waals surface area contributed by atoms with Crippen molar-refractivity contribution in [2.75, 3.05) is 6.54 Å². The molecule has 0 amide bonds. The molecule has 0 bridgehead atoms. The molecule has 1 N–H and O–H groups in total. The molecular weight excluding hydrogens is 242 g/mol. The molecule has 20 heavy (non-hydrogen) atoms. The van der Waals surface area contributed by atoms with Gasteiger partial charge in [-0.15, -0.1) is 0 Å². The van der Waals surface area contributed by atoms with Crippen molar-refractivity contribution < 1.29 is 0 Å². The number of unbranched alkanes of at least 4 members (excludes halogenated alkanes) is 5. The van der Waals surface area contributed by atoms with Gasteiger partial charge in [-0.3, -0.25) is 0 Å². The summed E-state index contributed by atoms with van der Waals surface area (Å²) >= 11 is 0. The van der Waals surface area contributed by atoms with Crippen molar-refractivity contribution in [1.29, 1.82) is 0 Å². The van der Waals surface area contributed by atoms with Crippen LogP contribution in [-0.2, 0) is 12.8 Å². The van der Waals surface area contributed by atoms with Gasteiger partial charge in [-0.05, 0) is 55.8 Å². The van der Waals surface area contributed by atoms with E-state index in [1.807, 2.05) is 0 Å². The molecule has 1 aromatic carbocycles. The molecule has 0 radical (unpaired) electrons. The molecule has 1 unspecified atom stereocenters. The van der Waals surface area contributed by atoms with Gasteiger partial charge in [-0.2, -0.15) is 0 Å². The van der Waals surface area contributed by atoms with Crippen molar-refractivity contribution in [2.24, 2.45) is 0 Å². The highest BCUT2D eigenvalue weighted by Crippen LogP contribution is 2.25. The standard InChI is InChI=1S/C19H31N/c1-3-4-5-6-7-8-14-20-16(2)18-13-12-17-10-9-11-19(17)15-18/h12-13,15-16,20H,3-11,14H2,1-2H3. The monoisotopic (exact) mass is 273 g/mol. The van der Waals surface area contributed by atoms with E-state index in [1.54, 1.807) is 11.1 Å². The average molecular weight is 273 g/mol. The van der Waals surface area contributed by atoms with E-state index < -0.39 is 0 Å². The normalized spacial score (nSPS) is 15.3. The first-order valence-electron chi connectivity index (χ1n) is 8.66. The van der Waals surface area contributed by atoms with E-state index in [0.29, 0.717) is 6.04 Å². The molecule has 1 heteroatoms. The lowest BCUT2D eigenvalue weighted by Gasteiger charge is -2.15. The molecule has 1 atom stereocenters. The lowest BCUT2D eigenvalue weighted by Crippen LogP contribution is -2.20. The molecule has 1 aromatic rings. The topological polar surface area (TPSA) is 12.0 Å². The van der Waals surface area contributed by atoms with Crippen molar-refractivity contribution in [3.05, 3.63) is 34.9 Å². The summed E-state index contributed by atoms with van der Waals surface area (Å²) in [5.74, 6) is 0. The van der Waals surface area contributed by atoms with Crippen LogP contribution in [0.5, 0.6) is 0 Å². The second-order valence-corrected chi connectivity index (χ2v) is 6.33. The van der Waals surface area contributed by atoms with Crippen LogP contribution in [-0.4, -0.2) is 6.54 Å². The Labute approximate surface area is 125 Å². The summed E-state index contributed by atoms with van der Waals surface area (Å²) in [6.45, 7) is 5.73. The van der Waals surface area contributed by atoms with Crippen molar-refractivity contribution in [2.45, 2.75) is 77.7 Å². The van der Waals surface area contributed by atoms with Crippen LogP contribution < -0.4 is 5.32 Å². The highest BCUT2D eigenvalue weighted by molar-refractivity contribution is 5.36. The Kier molecular flexibility index (Phi) is 6.59. The minimum absolute atomic E-state index is 0.497. The Morgan fingerprint density at radius 2 is 1.75 bits per heavy atom. The van der Waals surface area contributed by atoms with Crippen LogP contribution in [0.4, 0.5) is 0 Å². The Morgan fingerprint density at radius 1 is 1.00 bits per heavy atom. The molecule has 0 spiro atoms. The average Bonchev–Trinajstić information content (AvgIpc) is 2.93. The maximum Gasteiger partial charge on any atom is 0.0291 e. The number of aryl methyl sites for hydroxylation is 2. The quantitative estimate of drug-likeness (QED) is 0.611. The molecule has 1 nitrogen and oxygen atoms in total. The summed E-state index contributed by atoms with van der Waals surface area (Å²) in [4.78, 5) is 0. The number of hydrogen-bond donors (Lipinski definition) is 1. The number of rotatable bonds is 9. The van der Waals surface area contributed by atoms with Crippen LogP contribution in [0.15, 0.2) is 18.2 Å². The van der Waals surface area contributed by atoms with Crippen molar-refractivity contribution >= 4 is 0 Å². The second kappa shape index (κ2) is 8.46. The number of benzene rings is 1. The SMILES string of the molecule is CCCCCCCCNC(C)c1ccc2c(c1)CCC2. The largest absolute Gasteiger partial charge is 0.310 e. The lowest BCUT2D eigenvalue weighted by atomic mass is 10.0. The van der Waals surface area contributed by atoms with Gasteiger partial charge in [-0.1, -0.05) is 57.2 Å². The molecule has 0 fully saturated rings. The molecule has 0 saturated heterocycles. The molecule has 0 aliphatic heterocycles. The smallest absolute Gasteiger partial charge is 0.0291 e. The number of fused-ring (bicyclic) bond motifs is 1. The number of nitrogens with one attached hydrogen (secondary N) is 1. The van der Waals surface area contributed by atoms with E-state index in [1.165, 1.54) is 63.4 Å². The zero-order valence-electron chi connectivity index (χ0n) is 13.4. The fourth-order valence-electron chi connectivity index (χ4n) is 3.20. The molecule has 0 heterocycles. The summed E-state index contributed by atoms with van der Waals surface area (Å²) in [6.07, 6.45) is 12.2. The Morgan fingerprint density at radius 3 is 2.60 bits per heavy atom. The molecule has 112 valence electrons. The van der Waals surface area contributed by atoms with Gasteiger partial charge in [0.25, 0.3) is 0 Å². The molecule has 0 aromatic heterocycles. The minimum Gasteiger partial charge on any atom is -0.310 e. The van der Waals surface area contributed by atoms with Crippen LogP contribution in [0.3, 0.4) is 0 Å². The van der Waals surface area contributed by atoms with Crippen LogP contribution in [0.25, 0.3) is 0 Å². The highest BCUT2D eigenvalue weighted by atomic mass is 14.9. The van der Waals surface area contributed by atoms with Crippen molar-refractivity contribution in [1.82, 2.24) is 5.32 Å². The van der Waals surface area contributed by atoms with Gasteiger partial charge < -0.3 is 5.32 Å². The molecule has 2 rings (SSSR count). The first-order valence-corrected chi connectivity index (χ1v) is 8.66. The summed E-state index contributed by atoms with van der Waals surface area (Å²) in [5, 5.41) is 3.68. The zero-order valence-corrected chi connectivity index (χ0v) is 13.4. The predicted octanol–water partition coefficient (Wildman–Crippen LogP) is 5.19. The Balaban J connectivity index is 1.66. The molecule has 1 aliphatic rings. The maximum atomic E-state index is 3.68. The lowest BCUT2D eigenvalue weighted by molar-refractivity contribution is 0.527. The summed E-state index contributed by atoms with van der Waals surface area (Å²) in [5.41, 5.74) is 4.64. The first kappa shape index (κ1) is 15.6. The van der Waals surface area contributed by atoms with Crippen molar-refractivity contribution in [3.63, 3.8) is 0 Å². The van der Waals surface area contributed by atoms with Crippen molar-refractivity contribution in [3.8, 4) is 0 Å². The first-order chi connectivity index (χ1) is 9.81. The van der Waals surface area contributed by atoms with Gasteiger partial charge in [0, 0.05) is 6.04 Å². The van der Waals surface area contributed by atoms with E-state index in [0.717, 1.165) is 6.54 Å². The summed E-state index contributed by atoms with van der Waals surface area (Å²) in [7, 11) is 0. The van der Waals surface area contributed by atoms with Gasteiger partial charge in [0.05, 0.1) is 0 Å².